The van der Waals surface area contributed by atoms with Crippen molar-refractivity contribution in [3.8, 4) is 0 Å². The highest BCUT2D eigenvalue weighted by Gasteiger charge is 2.19. The van der Waals surface area contributed by atoms with E-state index in [1.165, 1.54) is 11.3 Å². The smallest absolute Gasteiger partial charge is 0.261 e. The van der Waals surface area contributed by atoms with E-state index in [0.29, 0.717) is 15.8 Å². The number of carbonyl (C=O) groups is 1. The second-order valence-corrected chi connectivity index (χ2v) is 8.26. The maximum atomic E-state index is 12.1. The van der Waals surface area contributed by atoms with E-state index in [4.69, 9.17) is 16.4 Å². The summed E-state index contributed by atoms with van der Waals surface area (Å²) >= 11 is 7.12. The lowest BCUT2D eigenvalue weighted by atomic mass is 10.1. The van der Waals surface area contributed by atoms with Gasteiger partial charge in [0, 0.05) is 23.8 Å². The number of hydrogen-bond acceptors (Lipinski definition) is 6. The first kappa shape index (κ1) is 19.4. The Labute approximate surface area is 177 Å². The van der Waals surface area contributed by atoms with Gasteiger partial charge in [-0.25, -0.2) is 0 Å². The monoisotopic (exact) mass is 426 g/mol. The summed E-state index contributed by atoms with van der Waals surface area (Å²) in [4.78, 5) is 22.3. The number of carbonyl (C=O) groups excluding carboxylic acids is 1. The fourth-order valence-corrected chi connectivity index (χ4v) is 3.83. The highest BCUT2D eigenvalue weighted by atomic mass is 35.5. The van der Waals surface area contributed by atoms with Crippen molar-refractivity contribution in [3.05, 3.63) is 81.3 Å². The van der Waals surface area contributed by atoms with Crippen LogP contribution in [0.3, 0.4) is 0 Å². The standard InChI is InChI=1S/C21H19ClN4O2S/c1-13-11-23-9-8-17(13)25-15-4-2-14(3-5-15)18-10-16(28-26-18)12-24-21(27)19-6-7-20(22)29-19/h2-11,16,26H,12H2,1H3,(H,23,25)(H,24,27). The summed E-state index contributed by atoms with van der Waals surface area (Å²) in [6.45, 7) is 2.38. The summed E-state index contributed by atoms with van der Waals surface area (Å²) in [7, 11) is 0. The Bertz CT molecular complexity index is 1050. The molecular weight excluding hydrogens is 408 g/mol. The number of pyridine rings is 1. The Hall–Kier alpha value is -2.87. The molecule has 0 bridgehead atoms. The molecule has 1 unspecified atom stereocenters. The van der Waals surface area contributed by atoms with Crippen LogP contribution in [0.4, 0.5) is 11.4 Å². The van der Waals surface area contributed by atoms with Gasteiger partial charge in [0.05, 0.1) is 21.5 Å². The third-order valence-corrected chi connectivity index (χ3v) is 5.66. The molecule has 3 heterocycles. The summed E-state index contributed by atoms with van der Waals surface area (Å²) in [6, 6.07) is 13.4. The molecule has 0 saturated carbocycles. The largest absolute Gasteiger partial charge is 0.355 e. The number of hydrogen-bond donors (Lipinski definition) is 3. The number of hydroxylamine groups is 1. The van der Waals surface area contributed by atoms with Crippen molar-refractivity contribution in [1.82, 2.24) is 15.8 Å². The highest BCUT2D eigenvalue weighted by molar-refractivity contribution is 7.17. The molecule has 2 aromatic heterocycles. The maximum absolute atomic E-state index is 12.1. The van der Waals surface area contributed by atoms with Crippen molar-refractivity contribution < 1.29 is 9.63 Å². The molecule has 3 N–H and O–H groups in total. The highest BCUT2D eigenvalue weighted by Crippen LogP contribution is 2.24. The van der Waals surface area contributed by atoms with Crippen molar-refractivity contribution in [2.24, 2.45) is 0 Å². The zero-order valence-corrected chi connectivity index (χ0v) is 17.2. The summed E-state index contributed by atoms with van der Waals surface area (Å²) in [5.74, 6) is -0.158. The fourth-order valence-electron chi connectivity index (χ4n) is 2.87. The molecule has 6 nitrogen and oxygen atoms in total. The number of anilines is 2. The molecule has 148 valence electrons. The van der Waals surface area contributed by atoms with Crippen LogP contribution in [0.2, 0.25) is 4.34 Å². The molecular formula is C21H19ClN4O2S. The Morgan fingerprint density at radius 2 is 2.07 bits per heavy atom. The first-order valence-electron chi connectivity index (χ1n) is 9.03. The molecule has 1 aromatic carbocycles. The molecule has 3 aromatic rings. The number of benzene rings is 1. The number of rotatable bonds is 6. The zero-order valence-electron chi connectivity index (χ0n) is 15.6. The van der Waals surface area contributed by atoms with Gasteiger partial charge in [0.25, 0.3) is 5.91 Å². The van der Waals surface area contributed by atoms with Crippen molar-refractivity contribution >= 4 is 45.9 Å². The molecule has 4 rings (SSSR count). The van der Waals surface area contributed by atoms with Crippen LogP contribution in [0.25, 0.3) is 5.70 Å². The molecule has 1 aliphatic rings. The Morgan fingerprint density at radius 3 is 2.79 bits per heavy atom. The number of nitrogens with zero attached hydrogens (tertiary/aromatic N) is 1. The number of amides is 1. The average Bonchev–Trinajstić information content (AvgIpc) is 3.38. The molecule has 1 atom stereocenters. The SMILES string of the molecule is Cc1cnccc1Nc1ccc(C2=CC(CNC(=O)c3ccc(Cl)s3)ON2)cc1. The van der Waals surface area contributed by atoms with Crippen LogP contribution < -0.4 is 16.1 Å². The molecule has 0 radical (unpaired) electrons. The van der Waals surface area contributed by atoms with Crippen LogP contribution in [0, 0.1) is 6.92 Å². The minimum absolute atomic E-state index is 0.158. The normalized spacial score (nSPS) is 15.5. The van der Waals surface area contributed by atoms with Gasteiger partial charge in [-0.2, -0.15) is 0 Å². The van der Waals surface area contributed by atoms with Gasteiger partial charge < -0.3 is 10.6 Å². The van der Waals surface area contributed by atoms with E-state index in [-0.39, 0.29) is 12.0 Å². The van der Waals surface area contributed by atoms with Crippen LogP contribution in [-0.4, -0.2) is 23.5 Å². The van der Waals surface area contributed by atoms with E-state index < -0.39 is 0 Å². The van der Waals surface area contributed by atoms with Crippen LogP contribution in [0.1, 0.15) is 20.8 Å². The van der Waals surface area contributed by atoms with Crippen LogP contribution in [0.5, 0.6) is 0 Å². The van der Waals surface area contributed by atoms with E-state index in [0.717, 1.165) is 28.2 Å². The molecule has 0 spiro atoms. The van der Waals surface area contributed by atoms with E-state index >= 15 is 0 Å². The van der Waals surface area contributed by atoms with Gasteiger partial charge in [-0.15, -0.1) is 11.3 Å². The van der Waals surface area contributed by atoms with Crippen molar-refractivity contribution in [3.63, 3.8) is 0 Å². The van der Waals surface area contributed by atoms with Crippen LogP contribution >= 0.6 is 22.9 Å². The van der Waals surface area contributed by atoms with E-state index in [2.05, 4.69) is 21.1 Å². The maximum Gasteiger partial charge on any atom is 0.261 e. The lowest BCUT2D eigenvalue weighted by Gasteiger charge is -2.10. The third kappa shape index (κ3) is 4.76. The molecule has 29 heavy (non-hydrogen) atoms. The second-order valence-electron chi connectivity index (χ2n) is 6.55. The number of thiophene rings is 1. The molecule has 1 aliphatic heterocycles. The molecule has 8 heteroatoms. The first-order valence-corrected chi connectivity index (χ1v) is 10.2. The quantitative estimate of drug-likeness (QED) is 0.540. The molecule has 0 aliphatic carbocycles. The summed E-state index contributed by atoms with van der Waals surface area (Å²) in [5.41, 5.74) is 7.90. The molecule has 0 saturated heterocycles. The zero-order chi connectivity index (χ0) is 20.2. The van der Waals surface area contributed by atoms with Gasteiger partial charge in [0.15, 0.2) is 0 Å². The summed E-state index contributed by atoms with van der Waals surface area (Å²) in [6.07, 6.45) is 5.30. The Morgan fingerprint density at radius 1 is 1.24 bits per heavy atom. The van der Waals surface area contributed by atoms with Crippen LogP contribution in [-0.2, 0) is 4.84 Å². The number of aryl methyl sites for hydroxylation is 1. The summed E-state index contributed by atoms with van der Waals surface area (Å²) in [5, 5.41) is 6.24. The summed E-state index contributed by atoms with van der Waals surface area (Å²) < 4.78 is 0.591. The van der Waals surface area contributed by atoms with Gasteiger partial charge in [-0.3, -0.25) is 20.1 Å². The van der Waals surface area contributed by atoms with E-state index in [1.807, 2.05) is 49.5 Å². The van der Waals surface area contributed by atoms with Gasteiger partial charge >= 0.3 is 0 Å². The van der Waals surface area contributed by atoms with Crippen LogP contribution in [0.15, 0.2) is 60.9 Å². The molecule has 1 amide bonds. The van der Waals surface area contributed by atoms with Gasteiger partial charge in [-0.1, -0.05) is 23.7 Å². The minimum atomic E-state index is -0.248. The minimum Gasteiger partial charge on any atom is -0.355 e. The average molecular weight is 427 g/mol. The number of halogens is 1. The Kier molecular flexibility index (Phi) is 5.80. The van der Waals surface area contributed by atoms with Crippen molar-refractivity contribution in [1.29, 1.82) is 0 Å². The lowest BCUT2D eigenvalue weighted by Crippen LogP contribution is -2.31. The first-order chi connectivity index (χ1) is 14.1. The topological polar surface area (TPSA) is 75.3 Å². The molecule has 0 fully saturated rings. The van der Waals surface area contributed by atoms with E-state index in [1.54, 1.807) is 18.3 Å². The predicted octanol–water partition coefficient (Wildman–Crippen LogP) is 4.52. The van der Waals surface area contributed by atoms with E-state index in [9.17, 15) is 4.79 Å². The van der Waals surface area contributed by atoms with Gasteiger partial charge in [0.1, 0.15) is 6.10 Å². The van der Waals surface area contributed by atoms with Crippen molar-refractivity contribution in [2.45, 2.75) is 13.0 Å². The lowest BCUT2D eigenvalue weighted by molar-refractivity contribution is 0.0499. The predicted molar refractivity (Wildman–Crippen MR) is 116 cm³/mol. The second kappa shape index (κ2) is 8.65. The number of aromatic nitrogens is 1. The van der Waals surface area contributed by atoms with Gasteiger partial charge in [0.2, 0.25) is 0 Å². The van der Waals surface area contributed by atoms with Gasteiger partial charge in [-0.05, 0) is 54.5 Å². The van der Waals surface area contributed by atoms with Crippen molar-refractivity contribution in [2.75, 3.05) is 11.9 Å². The third-order valence-electron chi connectivity index (χ3n) is 4.43. The Balaban J connectivity index is 1.35. The number of nitrogens with one attached hydrogen (secondary N) is 3. The fraction of sp³-hybridized carbons (Fsp3) is 0.143.